The van der Waals surface area contributed by atoms with Crippen molar-refractivity contribution in [3.63, 3.8) is 0 Å². The summed E-state index contributed by atoms with van der Waals surface area (Å²) in [5, 5.41) is 3.77. The smallest absolute Gasteiger partial charge is 0.0700 e. The van der Waals surface area contributed by atoms with E-state index in [9.17, 15) is 0 Å². The molecule has 0 rings (SSSR count). The van der Waals surface area contributed by atoms with Gasteiger partial charge in [-0.15, -0.1) is 0 Å². The summed E-state index contributed by atoms with van der Waals surface area (Å²) in [6, 6.07) is 0. The average Bonchev–Trinajstić information content (AvgIpc) is 2.09. The van der Waals surface area contributed by atoms with Gasteiger partial charge in [-0.1, -0.05) is 18.2 Å². The Morgan fingerprint density at radius 2 is 2.15 bits per heavy atom. The maximum Gasteiger partial charge on any atom is 0.0700 e. The fourth-order valence-corrected chi connectivity index (χ4v) is 0.862. The fraction of sp³-hybridized carbons (Fsp3) is 0.778. The third kappa shape index (κ3) is 11.9. The van der Waals surface area contributed by atoms with E-state index in [1.54, 1.807) is 7.11 Å². The molecule has 0 aromatic rings. The lowest BCUT2D eigenvalue weighted by molar-refractivity contribution is 0.0696. The molecule has 0 bridgehead atoms. The molecule has 0 aliphatic rings. The molecule has 0 aliphatic heterocycles. The second-order valence-corrected chi connectivity index (χ2v) is 3.19. The van der Waals surface area contributed by atoms with Crippen LogP contribution in [0.15, 0.2) is 11.6 Å². The summed E-state index contributed by atoms with van der Waals surface area (Å²) in [7, 11) is 1.66. The zero-order valence-electron chi connectivity index (χ0n) is 8.14. The van der Waals surface area contributed by atoms with E-state index in [4.69, 9.17) is 21.1 Å². The first-order valence-electron chi connectivity index (χ1n) is 4.38. The molecule has 78 valence electrons. The minimum absolute atomic E-state index is 0.639. The number of methoxy groups -OCH3 is 1. The molecule has 0 unspecified atom stereocenters. The van der Waals surface area contributed by atoms with Crippen LogP contribution in [0.1, 0.15) is 6.42 Å². The Morgan fingerprint density at radius 3 is 2.77 bits per heavy atom. The van der Waals surface area contributed by atoms with Gasteiger partial charge in [0, 0.05) is 25.3 Å². The summed E-state index contributed by atoms with van der Waals surface area (Å²) >= 11 is 5.55. The molecule has 1 N–H and O–H groups in total. The van der Waals surface area contributed by atoms with Crippen molar-refractivity contribution in [3.05, 3.63) is 11.6 Å². The summed E-state index contributed by atoms with van der Waals surface area (Å²) in [6.07, 6.45) is 0.980. The predicted molar refractivity (Wildman–Crippen MR) is 55.2 cm³/mol. The molecule has 0 aliphatic carbocycles. The number of hydrogen-bond donors (Lipinski definition) is 1. The van der Waals surface area contributed by atoms with Crippen LogP contribution in [-0.2, 0) is 9.47 Å². The molecule has 0 radical (unpaired) electrons. The van der Waals surface area contributed by atoms with Gasteiger partial charge in [0.2, 0.25) is 0 Å². The molecule has 0 spiro atoms. The topological polar surface area (TPSA) is 30.5 Å². The van der Waals surface area contributed by atoms with E-state index in [-0.39, 0.29) is 0 Å². The Kier molecular flexibility index (Phi) is 9.92. The summed E-state index contributed by atoms with van der Waals surface area (Å²) in [5.74, 6) is 0. The van der Waals surface area contributed by atoms with Crippen molar-refractivity contribution in [1.29, 1.82) is 0 Å². The maximum absolute atomic E-state index is 5.55. The monoisotopic (exact) mass is 207 g/mol. The molecule has 0 aromatic heterocycles. The zero-order valence-corrected chi connectivity index (χ0v) is 8.90. The normalized spacial score (nSPS) is 10.3. The molecular formula is C9H18ClNO2. The number of hydrogen-bond acceptors (Lipinski definition) is 3. The van der Waals surface area contributed by atoms with Crippen LogP contribution < -0.4 is 5.32 Å². The third-order valence-electron chi connectivity index (χ3n) is 1.39. The van der Waals surface area contributed by atoms with Gasteiger partial charge in [-0.2, -0.15) is 0 Å². The van der Waals surface area contributed by atoms with Crippen molar-refractivity contribution < 1.29 is 9.47 Å². The Labute approximate surface area is 85.0 Å². The summed E-state index contributed by atoms with van der Waals surface area (Å²) < 4.78 is 10.1. The van der Waals surface area contributed by atoms with Crippen molar-refractivity contribution in [3.8, 4) is 0 Å². The van der Waals surface area contributed by atoms with Gasteiger partial charge in [0.1, 0.15) is 0 Å². The molecule has 0 saturated carbocycles. The fourth-order valence-electron chi connectivity index (χ4n) is 0.768. The van der Waals surface area contributed by atoms with Crippen LogP contribution in [0.2, 0.25) is 0 Å². The Morgan fingerprint density at radius 1 is 1.38 bits per heavy atom. The van der Waals surface area contributed by atoms with E-state index in [0.717, 1.165) is 19.6 Å². The molecule has 0 fully saturated rings. The average molecular weight is 208 g/mol. The Hall–Kier alpha value is -0.0900. The van der Waals surface area contributed by atoms with Crippen LogP contribution >= 0.6 is 11.6 Å². The minimum atomic E-state index is 0.639. The number of rotatable bonds is 9. The number of ether oxygens (including phenoxy) is 2. The SMILES string of the molecule is C=C(Cl)CNCCCOCCOC. The van der Waals surface area contributed by atoms with E-state index >= 15 is 0 Å². The largest absolute Gasteiger partial charge is 0.382 e. The van der Waals surface area contributed by atoms with Crippen LogP contribution in [0.4, 0.5) is 0 Å². The highest BCUT2D eigenvalue weighted by molar-refractivity contribution is 6.29. The lowest BCUT2D eigenvalue weighted by Gasteiger charge is -2.04. The van der Waals surface area contributed by atoms with E-state index in [1.165, 1.54) is 0 Å². The first kappa shape index (κ1) is 12.9. The molecular weight excluding hydrogens is 190 g/mol. The first-order chi connectivity index (χ1) is 6.27. The molecule has 3 nitrogen and oxygen atoms in total. The molecule has 0 saturated heterocycles. The lowest BCUT2D eigenvalue weighted by Crippen LogP contribution is -2.18. The number of halogens is 1. The van der Waals surface area contributed by atoms with E-state index in [1.807, 2.05) is 0 Å². The van der Waals surface area contributed by atoms with E-state index in [2.05, 4.69) is 11.9 Å². The highest BCUT2D eigenvalue weighted by Crippen LogP contribution is 1.92. The molecule has 13 heavy (non-hydrogen) atoms. The van der Waals surface area contributed by atoms with Crippen LogP contribution in [0, 0.1) is 0 Å². The summed E-state index contributed by atoms with van der Waals surface area (Å²) in [4.78, 5) is 0. The minimum Gasteiger partial charge on any atom is -0.382 e. The zero-order chi connectivity index (χ0) is 9.94. The van der Waals surface area contributed by atoms with Gasteiger partial charge in [-0.3, -0.25) is 0 Å². The molecule has 0 atom stereocenters. The molecule has 4 heteroatoms. The van der Waals surface area contributed by atoms with Crippen molar-refractivity contribution in [2.45, 2.75) is 6.42 Å². The quantitative estimate of drug-likeness (QED) is 0.580. The van der Waals surface area contributed by atoms with Gasteiger partial charge >= 0.3 is 0 Å². The Balaban J connectivity index is 2.87. The molecule has 0 amide bonds. The van der Waals surface area contributed by atoms with Crippen LogP contribution in [0.3, 0.4) is 0 Å². The number of nitrogens with one attached hydrogen (secondary N) is 1. The van der Waals surface area contributed by atoms with Crippen molar-refractivity contribution in [2.24, 2.45) is 0 Å². The van der Waals surface area contributed by atoms with E-state index in [0.29, 0.717) is 24.8 Å². The highest BCUT2D eigenvalue weighted by atomic mass is 35.5. The van der Waals surface area contributed by atoms with Crippen LogP contribution in [-0.4, -0.2) is 40.0 Å². The van der Waals surface area contributed by atoms with Crippen molar-refractivity contribution in [2.75, 3.05) is 40.0 Å². The Bertz CT molecular complexity index is 131. The first-order valence-corrected chi connectivity index (χ1v) is 4.76. The van der Waals surface area contributed by atoms with Gasteiger partial charge in [-0.25, -0.2) is 0 Å². The lowest BCUT2D eigenvalue weighted by atomic mass is 10.4. The van der Waals surface area contributed by atoms with E-state index < -0.39 is 0 Å². The second-order valence-electron chi connectivity index (χ2n) is 2.65. The third-order valence-corrected chi connectivity index (χ3v) is 1.52. The van der Waals surface area contributed by atoms with Gasteiger partial charge in [0.25, 0.3) is 0 Å². The van der Waals surface area contributed by atoms with Crippen molar-refractivity contribution in [1.82, 2.24) is 5.32 Å². The summed E-state index contributed by atoms with van der Waals surface area (Å²) in [5.41, 5.74) is 0. The molecule has 0 heterocycles. The van der Waals surface area contributed by atoms with Gasteiger partial charge in [0.15, 0.2) is 0 Å². The maximum atomic E-state index is 5.55. The molecule has 0 aromatic carbocycles. The van der Waals surface area contributed by atoms with Gasteiger partial charge in [0.05, 0.1) is 13.2 Å². The van der Waals surface area contributed by atoms with Gasteiger partial charge in [-0.05, 0) is 13.0 Å². The van der Waals surface area contributed by atoms with Crippen LogP contribution in [0.25, 0.3) is 0 Å². The standard InChI is InChI=1S/C9H18ClNO2/c1-9(10)8-11-4-3-5-13-7-6-12-2/h11H,1,3-8H2,2H3. The van der Waals surface area contributed by atoms with Gasteiger partial charge < -0.3 is 14.8 Å². The van der Waals surface area contributed by atoms with Crippen molar-refractivity contribution >= 4 is 11.6 Å². The predicted octanol–water partition coefficient (Wildman–Crippen LogP) is 1.38. The highest BCUT2D eigenvalue weighted by Gasteiger charge is 1.90. The second kappa shape index (κ2) is 9.99. The summed E-state index contributed by atoms with van der Waals surface area (Å²) in [6.45, 7) is 7.22. The van der Waals surface area contributed by atoms with Crippen LogP contribution in [0.5, 0.6) is 0 Å².